The molecule has 1 fully saturated rings. The average Bonchev–Trinajstić information content (AvgIpc) is 2.48. The van der Waals surface area contributed by atoms with E-state index in [1.54, 1.807) is 11.8 Å². The summed E-state index contributed by atoms with van der Waals surface area (Å²) in [5, 5.41) is 0. The zero-order valence-electron chi connectivity index (χ0n) is 12.0. The predicted octanol–water partition coefficient (Wildman–Crippen LogP) is 3.02. The molecule has 1 aromatic rings. The van der Waals surface area contributed by atoms with Crippen molar-refractivity contribution in [3.63, 3.8) is 0 Å². The highest BCUT2D eigenvalue weighted by molar-refractivity contribution is 7.98. The highest BCUT2D eigenvalue weighted by atomic mass is 32.2. The molecule has 2 nitrogen and oxygen atoms in total. The summed E-state index contributed by atoms with van der Waals surface area (Å²) in [4.78, 5) is 1.30. The van der Waals surface area contributed by atoms with Crippen molar-refractivity contribution in [2.24, 2.45) is 0 Å². The molecule has 1 aliphatic rings. The molecule has 0 bridgehead atoms. The molecular weight excluding hydrogens is 243 g/mol. The van der Waals surface area contributed by atoms with Crippen molar-refractivity contribution in [3.8, 4) is 0 Å². The first kappa shape index (κ1) is 14.0. The minimum atomic E-state index is -0.274. The van der Waals surface area contributed by atoms with Gasteiger partial charge in [-0.3, -0.25) is 0 Å². The maximum atomic E-state index is 6.05. The van der Waals surface area contributed by atoms with E-state index in [-0.39, 0.29) is 18.3 Å². The van der Waals surface area contributed by atoms with E-state index < -0.39 is 0 Å². The predicted molar refractivity (Wildman–Crippen MR) is 78.7 cm³/mol. The van der Waals surface area contributed by atoms with Crippen LogP contribution in [0.15, 0.2) is 23.1 Å². The number of hydrogen-bond donors (Lipinski definition) is 0. The Hall–Kier alpha value is -0.445. The fourth-order valence-electron chi connectivity index (χ4n) is 2.03. The van der Waals surface area contributed by atoms with Gasteiger partial charge >= 0.3 is 7.12 Å². The van der Waals surface area contributed by atoms with Gasteiger partial charge in [-0.1, -0.05) is 12.1 Å². The molecule has 0 atom stereocenters. The number of thioether (sulfide) groups is 1. The second-order valence-electron chi connectivity index (χ2n) is 5.82. The van der Waals surface area contributed by atoms with E-state index in [2.05, 4.69) is 59.1 Å². The molecule has 0 N–H and O–H groups in total. The fourth-order valence-corrected chi connectivity index (χ4v) is 2.61. The molecule has 0 unspecified atom stereocenters. The van der Waals surface area contributed by atoms with Gasteiger partial charge in [0.25, 0.3) is 0 Å². The molecule has 0 radical (unpaired) electrons. The topological polar surface area (TPSA) is 18.5 Å². The van der Waals surface area contributed by atoms with Crippen molar-refractivity contribution in [2.75, 3.05) is 6.26 Å². The van der Waals surface area contributed by atoms with Crippen molar-refractivity contribution in [1.82, 2.24) is 0 Å². The summed E-state index contributed by atoms with van der Waals surface area (Å²) in [6.07, 6.45) is 2.09. The third-order valence-electron chi connectivity index (χ3n) is 3.94. The zero-order chi connectivity index (χ0) is 13.6. The lowest BCUT2D eigenvalue weighted by Crippen LogP contribution is -2.41. The summed E-state index contributed by atoms with van der Waals surface area (Å²) < 4.78 is 12.1. The van der Waals surface area contributed by atoms with E-state index >= 15 is 0 Å². The molecule has 0 aliphatic carbocycles. The molecule has 0 saturated carbocycles. The molecule has 0 amide bonds. The van der Waals surface area contributed by atoms with Gasteiger partial charge < -0.3 is 9.31 Å². The first-order chi connectivity index (χ1) is 8.27. The Labute approximate surface area is 115 Å². The minimum Gasteiger partial charge on any atom is -0.399 e. The largest absolute Gasteiger partial charge is 0.494 e. The molecule has 0 aromatic heterocycles. The molecular formula is C14H21BO2S. The Morgan fingerprint density at radius 3 is 2.06 bits per heavy atom. The van der Waals surface area contributed by atoms with Gasteiger partial charge in [0.1, 0.15) is 0 Å². The van der Waals surface area contributed by atoms with Crippen LogP contribution in [0.2, 0.25) is 0 Å². The van der Waals surface area contributed by atoms with Crippen LogP contribution in [-0.2, 0) is 9.31 Å². The van der Waals surface area contributed by atoms with Gasteiger partial charge in [-0.05, 0) is 58.0 Å². The van der Waals surface area contributed by atoms with Crippen molar-refractivity contribution < 1.29 is 9.31 Å². The SMILES string of the molecule is CSc1ccc(B2OC(C)(C)C(C)(C)O2)cc1C. The molecule has 1 heterocycles. The van der Waals surface area contributed by atoms with Crippen LogP contribution in [0.3, 0.4) is 0 Å². The molecule has 4 heteroatoms. The standard InChI is InChI=1S/C14H21BO2S/c1-10-9-11(7-8-12(10)18-6)15-16-13(2,3)14(4,5)17-15/h7-9H,1-6H3. The molecule has 1 aliphatic heterocycles. The van der Waals surface area contributed by atoms with E-state index in [1.165, 1.54) is 10.5 Å². The third kappa shape index (κ3) is 2.34. The number of benzene rings is 1. The van der Waals surface area contributed by atoms with Crippen molar-refractivity contribution in [1.29, 1.82) is 0 Å². The Morgan fingerprint density at radius 1 is 1.06 bits per heavy atom. The van der Waals surface area contributed by atoms with Crippen molar-refractivity contribution >= 4 is 24.3 Å². The smallest absolute Gasteiger partial charge is 0.399 e. The van der Waals surface area contributed by atoms with Gasteiger partial charge in [-0.25, -0.2) is 0 Å². The van der Waals surface area contributed by atoms with Gasteiger partial charge in [0.2, 0.25) is 0 Å². The molecule has 1 aromatic carbocycles. The van der Waals surface area contributed by atoms with E-state index in [1.807, 2.05) is 0 Å². The maximum absolute atomic E-state index is 6.05. The van der Waals surface area contributed by atoms with Gasteiger partial charge in [0.15, 0.2) is 0 Å². The van der Waals surface area contributed by atoms with Crippen molar-refractivity contribution in [2.45, 2.75) is 50.7 Å². The Kier molecular flexibility index (Phi) is 3.56. The molecule has 98 valence electrons. The van der Waals surface area contributed by atoms with E-state index in [9.17, 15) is 0 Å². The molecule has 1 saturated heterocycles. The number of rotatable bonds is 2. The van der Waals surface area contributed by atoms with E-state index in [4.69, 9.17) is 9.31 Å². The van der Waals surface area contributed by atoms with E-state index in [0.717, 1.165) is 5.46 Å². The quantitative estimate of drug-likeness (QED) is 0.604. The summed E-state index contributed by atoms with van der Waals surface area (Å²) in [6, 6.07) is 6.40. The molecule has 18 heavy (non-hydrogen) atoms. The second-order valence-corrected chi connectivity index (χ2v) is 6.67. The number of hydrogen-bond acceptors (Lipinski definition) is 3. The lowest BCUT2D eigenvalue weighted by molar-refractivity contribution is 0.00578. The van der Waals surface area contributed by atoms with Crippen LogP contribution in [0.4, 0.5) is 0 Å². The monoisotopic (exact) mass is 264 g/mol. The zero-order valence-corrected chi connectivity index (χ0v) is 12.9. The summed E-state index contributed by atoms with van der Waals surface area (Å²) in [5.74, 6) is 0. The van der Waals surface area contributed by atoms with Crippen LogP contribution in [0.1, 0.15) is 33.3 Å². The maximum Gasteiger partial charge on any atom is 0.494 e. The fraction of sp³-hybridized carbons (Fsp3) is 0.571. The van der Waals surface area contributed by atoms with Crippen LogP contribution < -0.4 is 5.46 Å². The first-order valence-electron chi connectivity index (χ1n) is 6.27. The Morgan fingerprint density at radius 2 is 1.61 bits per heavy atom. The molecule has 2 rings (SSSR count). The van der Waals surface area contributed by atoms with Gasteiger partial charge in [-0.15, -0.1) is 11.8 Å². The van der Waals surface area contributed by atoms with Gasteiger partial charge in [0, 0.05) is 4.90 Å². The summed E-state index contributed by atoms with van der Waals surface area (Å²) >= 11 is 1.76. The Bertz CT molecular complexity index is 441. The summed E-state index contributed by atoms with van der Waals surface area (Å²) in [7, 11) is -0.260. The van der Waals surface area contributed by atoms with Crippen molar-refractivity contribution in [3.05, 3.63) is 23.8 Å². The minimum absolute atomic E-state index is 0.260. The third-order valence-corrected chi connectivity index (χ3v) is 4.84. The second kappa shape index (κ2) is 4.59. The summed E-state index contributed by atoms with van der Waals surface area (Å²) in [5.41, 5.74) is 1.83. The lowest BCUT2D eigenvalue weighted by atomic mass is 9.78. The van der Waals surface area contributed by atoms with Crippen LogP contribution in [0.25, 0.3) is 0 Å². The van der Waals surface area contributed by atoms with Crippen LogP contribution >= 0.6 is 11.8 Å². The van der Waals surface area contributed by atoms with E-state index in [0.29, 0.717) is 0 Å². The molecule has 0 spiro atoms. The lowest BCUT2D eigenvalue weighted by Gasteiger charge is -2.32. The number of aryl methyl sites for hydroxylation is 1. The normalized spacial score (nSPS) is 21.3. The highest BCUT2D eigenvalue weighted by Gasteiger charge is 2.51. The van der Waals surface area contributed by atoms with Crippen LogP contribution in [0.5, 0.6) is 0 Å². The van der Waals surface area contributed by atoms with Crippen LogP contribution in [-0.4, -0.2) is 24.6 Å². The average molecular weight is 264 g/mol. The summed E-state index contributed by atoms with van der Waals surface area (Å²) in [6.45, 7) is 10.4. The Balaban J connectivity index is 2.27. The van der Waals surface area contributed by atoms with Gasteiger partial charge in [-0.2, -0.15) is 0 Å². The van der Waals surface area contributed by atoms with Crippen LogP contribution in [0, 0.1) is 6.92 Å². The first-order valence-corrected chi connectivity index (χ1v) is 7.49. The highest BCUT2D eigenvalue weighted by Crippen LogP contribution is 2.36. The van der Waals surface area contributed by atoms with Gasteiger partial charge in [0.05, 0.1) is 11.2 Å².